The molecule has 3 rings (SSSR count). The molecule has 2 fully saturated rings. The number of rotatable bonds is 3. The van der Waals surface area contributed by atoms with E-state index in [1.807, 2.05) is 4.90 Å². The molecule has 2 heterocycles. The lowest BCUT2D eigenvalue weighted by Crippen LogP contribution is -2.32. The number of carbonyl (C=O) groups is 1. The Hall–Kier alpha value is -1.44. The second kappa shape index (κ2) is 5.64. The molecule has 0 spiro atoms. The summed E-state index contributed by atoms with van der Waals surface area (Å²) in [5.74, 6) is 0.133. The Labute approximate surface area is 133 Å². The first-order valence-corrected chi connectivity index (χ1v) is 7.77. The number of hydrogen-bond acceptors (Lipinski definition) is 2. The molecule has 0 unspecified atom stereocenters. The topological polar surface area (TPSA) is 32.8 Å². The number of alkyl halides is 4. The third kappa shape index (κ3) is 3.16. The number of fused-ring (bicyclic) bond motifs is 1. The molecular weight excluding hydrogens is 365 g/mol. The minimum atomic E-state index is -4.36. The van der Waals surface area contributed by atoms with Gasteiger partial charge in [-0.25, -0.2) is 4.79 Å². The number of carbonyl (C=O) groups excluding carboxylic acids is 1. The Morgan fingerprint density at radius 1 is 1.23 bits per heavy atom. The van der Waals surface area contributed by atoms with Crippen molar-refractivity contribution in [2.24, 2.45) is 0 Å². The van der Waals surface area contributed by atoms with E-state index in [0.29, 0.717) is 23.6 Å². The number of anilines is 1. The molecule has 4 nitrogen and oxygen atoms in total. The minimum Gasteiger partial charge on any atom is -0.484 e. The lowest BCUT2D eigenvalue weighted by atomic mass is 10.2. The highest BCUT2D eigenvalue weighted by Crippen LogP contribution is 2.33. The average molecular weight is 379 g/mol. The van der Waals surface area contributed by atoms with E-state index in [-0.39, 0.29) is 17.8 Å². The Balaban J connectivity index is 1.65. The van der Waals surface area contributed by atoms with E-state index >= 15 is 0 Å². The van der Waals surface area contributed by atoms with Crippen molar-refractivity contribution in [2.45, 2.75) is 23.5 Å². The maximum atomic E-state index is 12.3. The number of benzene rings is 1. The third-order valence-electron chi connectivity index (χ3n) is 3.78. The van der Waals surface area contributed by atoms with Crippen LogP contribution in [0.2, 0.25) is 0 Å². The second-order valence-electron chi connectivity index (χ2n) is 5.43. The lowest BCUT2D eigenvalue weighted by Gasteiger charge is -2.18. The molecule has 1 aromatic rings. The Bertz CT molecular complexity index is 564. The molecule has 0 N–H and O–H groups in total. The van der Waals surface area contributed by atoms with Crippen LogP contribution in [0.3, 0.4) is 0 Å². The number of urea groups is 1. The molecule has 1 aromatic carbocycles. The average Bonchev–Trinajstić information content (AvgIpc) is 2.95. The van der Waals surface area contributed by atoms with Gasteiger partial charge in [-0.2, -0.15) is 13.2 Å². The highest BCUT2D eigenvalue weighted by Gasteiger charge is 2.43. The molecule has 0 radical (unpaired) electrons. The summed E-state index contributed by atoms with van der Waals surface area (Å²) in [5, 5.41) is 0. The van der Waals surface area contributed by atoms with Crippen molar-refractivity contribution in [2.75, 3.05) is 24.6 Å². The van der Waals surface area contributed by atoms with Crippen molar-refractivity contribution in [3.05, 3.63) is 24.3 Å². The van der Waals surface area contributed by atoms with Gasteiger partial charge in [0.1, 0.15) is 5.75 Å². The normalized spacial score (nSPS) is 24.8. The van der Waals surface area contributed by atoms with Gasteiger partial charge in [0.25, 0.3) is 0 Å². The number of amides is 2. The molecule has 22 heavy (non-hydrogen) atoms. The van der Waals surface area contributed by atoms with Gasteiger partial charge >= 0.3 is 12.2 Å². The number of halogens is 4. The monoisotopic (exact) mass is 378 g/mol. The first-order valence-electron chi connectivity index (χ1n) is 6.85. The molecule has 0 bridgehead atoms. The van der Waals surface area contributed by atoms with Gasteiger partial charge < -0.3 is 9.64 Å². The van der Waals surface area contributed by atoms with Gasteiger partial charge in [-0.3, -0.25) is 4.90 Å². The molecular formula is C14H14BrF3N2O2. The van der Waals surface area contributed by atoms with E-state index in [2.05, 4.69) is 20.7 Å². The van der Waals surface area contributed by atoms with Crippen LogP contribution >= 0.6 is 15.9 Å². The van der Waals surface area contributed by atoms with Crippen molar-refractivity contribution in [1.82, 2.24) is 4.90 Å². The summed E-state index contributed by atoms with van der Waals surface area (Å²) in [6.45, 7) is -0.0338. The zero-order chi connectivity index (χ0) is 15.9. The van der Waals surface area contributed by atoms with Crippen LogP contribution in [0.1, 0.15) is 6.42 Å². The van der Waals surface area contributed by atoms with Crippen LogP contribution in [0.4, 0.5) is 23.7 Å². The number of nitrogens with zero attached hydrogens (tertiary/aromatic N) is 2. The SMILES string of the molecule is O=C1N(c2ccc(OCC(F)(F)F)cc2)C[C@H]2C[C@@H](Br)CN12. The molecule has 120 valence electrons. The van der Waals surface area contributed by atoms with E-state index in [1.54, 1.807) is 17.0 Å². The number of ether oxygens (including phenoxy) is 1. The first kappa shape index (κ1) is 15.5. The van der Waals surface area contributed by atoms with E-state index < -0.39 is 12.8 Å². The van der Waals surface area contributed by atoms with E-state index in [4.69, 9.17) is 0 Å². The molecule has 2 aliphatic rings. The van der Waals surface area contributed by atoms with Crippen LogP contribution in [-0.2, 0) is 0 Å². The molecule has 2 aliphatic heterocycles. The lowest BCUT2D eigenvalue weighted by molar-refractivity contribution is -0.153. The van der Waals surface area contributed by atoms with E-state index in [0.717, 1.165) is 6.42 Å². The highest BCUT2D eigenvalue weighted by molar-refractivity contribution is 9.09. The zero-order valence-electron chi connectivity index (χ0n) is 11.5. The Kier molecular flexibility index (Phi) is 3.96. The summed E-state index contributed by atoms with van der Waals surface area (Å²) in [5.41, 5.74) is 0.671. The van der Waals surface area contributed by atoms with Crippen LogP contribution < -0.4 is 9.64 Å². The quantitative estimate of drug-likeness (QED) is 0.755. The summed E-state index contributed by atoms with van der Waals surface area (Å²) < 4.78 is 40.9. The van der Waals surface area contributed by atoms with Crippen molar-refractivity contribution in [1.29, 1.82) is 0 Å². The minimum absolute atomic E-state index is 0.0593. The van der Waals surface area contributed by atoms with Crippen molar-refractivity contribution in [3.63, 3.8) is 0 Å². The Morgan fingerprint density at radius 3 is 2.50 bits per heavy atom. The standard InChI is InChI=1S/C14H14BrF3N2O2/c15-9-5-11-7-20(13(21)19(11)6-9)10-1-3-12(4-2-10)22-8-14(16,17)18/h1-4,9,11H,5-8H2/t9-,11-/m1/s1. The largest absolute Gasteiger partial charge is 0.484 e. The van der Waals surface area contributed by atoms with Crippen LogP contribution in [0.15, 0.2) is 24.3 Å². The van der Waals surface area contributed by atoms with E-state index in [1.165, 1.54) is 12.1 Å². The zero-order valence-corrected chi connectivity index (χ0v) is 13.1. The molecule has 2 atom stereocenters. The Morgan fingerprint density at radius 2 is 1.91 bits per heavy atom. The molecule has 0 aromatic heterocycles. The molecule has 8 heteroatoms. The number of hydrogen-bond donors (Lipinski definition) is 0. The maximum Gasteiger partial charge on any atom is 0.422 e. The second-order valence-corrected chi connectivity index (χ2v) is 6.73. The van der Waals surface area contributed by atoms with Crippen molar-refractivity contribution >= 4 is 27.6 Å². The van der Waals surface area contributed by atoms with Gasteiger partial charge in [0.05, 0.1) is 6.04 Å². The van der Waals surface area contributed by atoms with Gasteiger partial charge in [-0.15, -0.1) is 0 Å². The maximum absolute atomic E-state index is 12.3. The van der Waals surface area contributed by atoms with Gasteiger partial charge in [-0.05, 0) is 30.7 Å². The van der Waals surface area contributed by atoms with Gasteiger partial charge in [0.15, 0.2) is 6.61 Å². The summed E-state index contributed by atoms with van der Waals surface area (Å²) in [4.78, 5) is 16.1. The highest BCUT2D eigenvalue weighted by atomic mass is 79.9. The van der Waals surface area contributed by atoms with Crippen molar-refractivity contribution < 1.29 is 22.7 Å². The van der Waals surface area contributed by atoms with Crippen LogP contribution in [0, 0.1) is 0 Å². The smallest absolute Gasteiger partial charge is 0.422 e. The fourth-order valence-electron chi connectivity index (χ4n) is 2.81. The summed E-state index contributed by atoms with van der Waals surface area (Å²) in [6, 6.07) is 6.25. The fraction of sp³-hybridized carbons (Fsp3) is 0.500. The summed E-state index contributed by atoms with van der Waals surface area (Å²) in [7, 11) is 0. The molecule has 0 aliphatic carbocycles. The predicted molar refractivity (Wildman–Crippen MR) is 78.6 cm³/mol. The van der Waals surface area contributed by atoms with Crippen molar-refractivity contribution in [3.8, 4) is 5.75 Å². The molecule has 0 saturated carbocycles. The van der Waals surface area contributed by atoms with Gasteiger partial charge in [0, 0.05) is 23.6 Å². The van der Waals surface area contributed by atoms with E-state index in [9.17, 15) is 18.0 Å². The predicted octanol–water partition coefficient (Wildman–Crippen LogP) is 3.41. The third-order valence-corrected chi connectivity index (χ3v) is 4.45. The van der Waals surface area contributed by atoms with Gasteiger partial charge in [0.2, 0.25) is 0 Å². The first-order chi connectivity index (χ1) is 10.3. The van der Waals surface area contributed by atoms with Crippen LogP contribution in [0.25, 0.3) is 0 Å². The molecule has 2 saturated heterocycles. The molecule has 2 amide bonds. The summed E-state index contributed by atoms with van der Waals surface area (Å²) in [6.07, 6.45) is -3.45. The summed E-state index contributed by atoms with van der Waals surface area (Å²) >= 11 is 3.52. The van der Waals surface area contributed by atoms with Gasteiger partial charge in [-0.1, -0.05) is 15.9 Å². The van der Waals surface area contributed by atoms with Crippen LogP contribution in [0.5, 0.6) is 5.75 Å². The van der Waals surface area contributed by atoms with Crippen LogP contribution in [-0.4, -0.2) is 47.7 Å². The fourth-order valence-corrected chi connectivity index (χ4v) is 3.56.